The van der Waals surface area contributed by atoms with Crippen molar-refractivity contribution >= 4 is 73.7 Å². The van der Waals surface area contributed by atoms with E-state index in [9.17, 15) is 4.79 Å². The highest BCUT2D eigenvalue weighted by atomic mass is 79.9. The number of carbonyl (C=O) groups excluding carboxylic acids is 1. The van der Waals surface area contributed by atoms with Crippen LogP contribution in [0.25, 0.3) is 11.8 Å². The van der Waals surface area contributed by atoms with Crippen LogP contribution in [-0.2, 0) is 4.79 Å². The van der Waals surface area contributed by atoms with Crippen molar-refractivity contribution in [2.45, 2.75) is 13.8 Å². The molecule has 0 atom stereocenters. The predicted octanol–water partition coefficient (Wildman–Crippen LogP) is 7.06. The molecule has 1 N–H and O–H groups in total. The van der Waals surface area contributed by atoms with E-state index in [0.717, 1.165) is 27.1 Å². The highest BCUT2D eigenvalue weighted by Crippen LogP contribution is 2.32. The number of aromatic nitrogens is 1. The number of amides is 1. The fourth-order valence-corrected chi connectivity index (χ4v) is 4.59. The van der Waals surface area contributed by atoms with E-state index in [0.29, 0.717) is 25.8 Å². The first-order chi connectivity index (χ1) is 14.3. The van der Waals surface area contributed by atoms with E-state index in [1.807, 2.05) is 56.3 Å². The van der Waals surface area contributed by atoms with Gasteiger partial charge >= 0.3 is 0 Å². The number of thioether (sulfide) groups is 1. The fourth-order valence-electron chi connectivity index (χ4n) is 3.21. The first-order valence-corrected chi connectivity index (χ1v) is 11.4. The second-order valence-electron chi connectivity index (χ2n) is 6.72. The summed E-state index contributed by atoms with van der Waals surface area (Å²) in [5.41, 5.74) is 4.79. The summed E-state index contributed by atoms with van der Waals surface area (Å²) in [6.45, 7) is 4.07. The van der Waals surface area contributed by atoms with E-state index in [1.54, 1.807) is 6.07 Å². The lowest BCUT2D eigenvalue weighted by Crippen LogP contribution is -2.19. The number of carbonyl (C=O) groups is 1. The van der Waals surface area contributed by atoms with Crippen molar-refractivity contribution < 1.29 is 4.79 Å². The van der Waals surface area contributed by atoms with Crippen LogP contribution in [0.3, 0.4) is 0 Å². The number of benzene rings is 2. The minimum absolute atomic E-state index is 0.168. The van der Waals surface area contributed by atoms with Gasteiger partial charge in [0.2, 0.25) is 0 Å². The second kappa shape index (κ2) is 8.63. The van der Waals surface area contributed by atoms with Crippen LogP contribution in [0.2, 0.25) is 10.0 Å². The molecular formula is C22H16BrCl2N3OS. The Balaban J connectivity index is 1.63. The van der Waals surface area contributed by atoms with Crippen molar-refractivity contribution in [2.75, 3.05) is 0 Å². The third-order valence-electron chi connectivity index (χ3n) is 4.63. The van der Waals surface area contributed by atoms with Crippen molar-refractivity contribution in [3.05, 3.63) is 84.9 Å². The lowest BCUT2D eigenvalue weighted by atomic mass is 10.2. The Morgan fingerprint density at radius 3 is 2.53 bits per heavy atom. The van der Waals surface area contributed by atoms with Gasteiger partial charge in [0, 0.05) is 26.6 Å². The maximum Gasteiger partial charge on any atom is 0.264 e. The molecule has 30 heavy (non-hydrogen) atoms. The molecule has 1 saturated heterocycles. The molecule has 1 aliphatic heterocycles. The molecule has 2 heterocycles. The average Bonchev–Trinajstić information content (AvgIpc) is 3.18. The van der Waals surface area contributed by atoms with E-state index < -0.39 is 0 Å². The number of rotatable bonds is 3. The van der Waals surface area contributed by atoms with Gasteiger partial charge in [-0.2, -0.15) is 0 Å². The monoisotopic (exact) mass is 519 g/mol. The predicted molar refractivity (Wildman–Crippen MR) is 130 cm³/mol. The largest absolute Gasteiger partial charge is 0.318 e. The Bertz CT molecular complexity index is 1220. The smallest absolute Gasteiger partial charge is 0.264 e. The van der Waals surface area contributed by atoms with E-state index >= 15 is 0 Å². The second-order valence-corrected chi connectivity index (χ2v) is 9.45. The summed E-state index contributed by atoms with van der Waals surface area (Å²) in [6, 6.07) is 15.1. The molecule has 4 nitrogen and oxygen atoms in total. The van der Waals surface area contributed by atoms with Gasteiger partial charge in [0.25, 0.3) is 5.91 Å². The van der Waals surface area contributed by atoms with Crippen molar-refractivity contribution in [2.24, 2.45) is 4.99 Å². The van der Waals surface area contributed by atoms with Gasteiger partial charge in [0.1, 0.15) is 0 Å². The number of halogens is 3. The standard InChI is InChI=1S/C22H16BrCl2N3OS/c1-12-9-14(13(2)28(12)17-6-3-15(24)4-7-17)10-20-21(29)27-22(30-20)26-16-5-8-18(23)19(25)11-16/h3-11H,1-2H3,(H,26,27,29)/b20-10-. The van der Waals surface area contributed by atoms with Crippen molar-refractivity contribution in [1.29, 1.82) is 0 Å². The number of hydrogen-bond acceptors (Lipinski definition) is 3. The van der Waals surface area contributed by atoms with Gasteiger partial charge in [0.05, 0.1) is 15.6 Å². The molecule has 1 fully saturated rings. The van der Waals surface area contributed by atoms with Crippen LogP contribution in [0.1, 0.15) is 17.0 Å². The molecule has 0 saturated carbocycles. The molecule has 0 bridgehead atoms. The highest BCUT2D eigenvalue weighted by Gasteiger charge is 2.24. The minimum Gasteiger partial charge on any atom is -0.318 e. The van der Waals surface area contributed by atoms with Crippen LogP contribution < -0.4 is 5.32 Å². The van der Waals surface area contributed by atoms with Gasteiger partial charge in [0.15, 0.2) is 5.17 Å². The first-order valence-electron chi connectivity index (χ1n) is 9.01. The van der Waals surface area contributed by atoms with E-state index in [1.165, 1.54) is 11.8 Å². The molecule has 1 aliphatic rings. The third-order valence-corrected chi connectivity index (χ3v) is 7.02. The Morgan fingerprint density at radius 1 is 1.10 bits per heavy atom. The molecule has 3 aromatic rings. The molecule has 0 unspecified atom stereocenters. The van der Waals surface area contributed by atoms with Crippen molar-refractivity contribution in [1.82, 2.24) is 9.88 Å². The topological polar surface area (TPSA) is 46.4 Å². The van der Waals surface area contributed by atoms with Crippen molar-refractivity contribution in [3.8, 4) is 5.69 Å². The number of amidine groups is 1. The summed E-state index contributed by atoms with van der Waals surface area (Å²) in [4.78, 5) is 17.6. The lowest BCUT2D eigenvalue weighted by Gasteiger charge is -2.09. The zero-order chi connectivity index (χ0) is 21.4. The van der Waals surface area contributed by atoms with Crippen molar-refractivity contribution in [3.63, 3.8) is 0 Å². The Kier molecular flexibility index (Phi) is 6.11. The molecular weight excluding hydrogens is 505 g/mol. The summed E-state index contributed by atoms with van der Waals surface area (Å²) in [6.07, 6.45) is 1.89. The van der Waals surface area contributed by atoms with Crippen LogP contribution in [0, 0.1) is 13.8 Å². The fraction of sp³-hybridized carbons (Fsp3) is 0.0909. The third kappa shape index (κ3) is 4.37. The SMILES string of the molecule is Cc1cc(/C=C2\SC(=Nc3ccc(Br)c(Cl)c3)NC2=O)c(C)n1-c1ccc(Cl)cc1. The van der Waals surface area contributed by atoms with Crippen LogP contribution in [0.4, 0.5) is 5.69 Å². The van der Waals surface area contributed by atoms with Crippen LogP contribution in [0.5, 0.6) is 0 Å². The van der Waals surface area contributed by atoms with E-state index in [4.69, 9.17) is 23.2 Å². The molecule has 0 aliphatic carbocycles. The quantitative estimate of drug-likeness (QED) is 0.376. The van der Waals surface area contributed by atoms with Crippen LogP contribution >= 0.6 is 50.9 Å². The van der Waals surface area contributed by atoms with Gasteiger partial charge in [-0.05, 0) is 102 Å². The average molecular weight is 521 g/mol. The number of aryl methyl sites for hydroxylation is 1. The maximum atomic E-state index is 12.5. The van der Waals surface area contributed by atoms with E-state index in [2.05, 4.69) is 36.9 Å². The zero-order valence-corrected chi connectivity index (χ0v) is 20.0. The molecule has 0 radical (unpaired) electrons. The maximum absolute atomic E-state index is 12.5. The number of nitrogens with one attached hydrogen (secondary N) is 1. The minimum atomic E-state index is -0.168. The summed E-state index contributed by atoms with van der Waals surface area (Å²) in [5.74, 6) is -0.168. The van der Waals surface area contributed by atoms with Crippen LogP contribution in [0.15, 0.2) is 62.9 Å². The molecule has 4 rings (SSSR count). The molecule has 0 spiro atoms. The molecule has 2 aromatic carbocycles. The molecule has 1 amide bonds. The summed E-state index contributed by atoms with van der Waals surface area (Å²) < 4.78 is 2.94. The summed E-state index contributed by atoms with van der Waals surface area (Å²) >= 11 is 16.8. The Hall–Kier alpha value is -1.99. The van der Waals surface area contributed by atoms with E-state index in [-0.39, 0.29) is 5.91 Å². The summed E-state index contributed by atoms with van der Waals surface area (Å²) in [7, 11) is 0. The number of aliphatic imine (C=N–C) groups is 1. The molecule has 152 valence electrons. The normalized spacial score (nSPS) is 16.5. The van der Waals surface area contributed by atoms with Gasteiger partial charge in [-0.15, -0.1) is 0 Å². The Morgan fingerprint density at radius 2 is 1.83 bits per heavy atom. The van der Waals surface area contributed by atoms with Gasteiger partial charge in [-0.1, -0.05) is 23.2 Å². The van der Waals surface area contributed by atoms with Gasteiger partial charge in [-0.25, -0.2) is 4.99 Å². The summed E-state index contributed by atoms with van der Waals surface area (Å²) in [5, 5.41) is 4.60. The van der Waals surface area contributed by atoms with Crippen LogP contribution in [-0.4, -0.2) is 15.6 Å². The lowest BCUT2D eigenvalue weighted by molar-refractivity contribution is -0.115. The number of nitrogens with zero attached hydrogens (tertiary/aromatic N) is 2. The highest BCUT2D eigenvalue weighted by molar-refractivity contribution is 9.10. The van der Waals surface area contributed by atoms with Gasteiger partial charge < -0.3 is 9.88 Å². The Labute approximate surface area is 197 Å². The molecule has 8 heteroatoms. The van der Waals surface area contributed by atoms with Gasteiger partial charge in [-0.3, -0.25) is 4.79 Å². The number of hydrogen-bond donors (Lipinski definition) is 1. The zero-order valence-electron chi connectivity index (χ0n) is 16.0. The molecule has 1 aromatic heterocycles. The first kappa shape index (κ1) is 21.2.